The fraction of sp³-hybridized carbons (Fsp3) is 0.625. The van der Waals surface area contributed by atoms with Crippen molar-refractivity contribution in [2.45, 2.75) is 31.9 Å². The van der Waals surface area contributed by atoms with Crippen molar-refractivity contribution in [3.8, 4) is 0 Å². The molecule has 2 aromatic heterocycles. The van der Waals surface area contributed by atoms with Crippen molar-refractivity contribution in [3.05, 3.63) is 36.7 Å². The molecular weight excluding hydrogens is 278 g/mol. The van der Waals surface area contributed by atoms with Crippen LogP contribution >= 0.6 is 0 Å². The third-order valence-corrected chi connectivity index (χ3v) is 4.62. The number of nitrogens with zero attached hydrogens (tertiary/aromatic N) is 5. The molecule has 1 N–H and O–H groups in total. The first kappa shape index (κ1) is 15.2. The van der Waals surface area contributed by atoms with Gasteiger partial charge in [-0.1, -0.05) is 0 Å². The van der Waals surface area contributed by atoms with Crippen LogP contribution in [-0.2, 0) is 13.6 Å². The topological polar surface area (TPSA) is 59.1 Å². The average Bonchev–Trinajstić information content (AvgIpc) is 3.19. The lowest BCUT2D eigenvalue weighted by Crippen LogP contribution is -2.37. The number of likely N-dealkylation sites (tertiary alicyclic amines) is 1. The van der Waals surface area contributed by atoms with E-state index in [9.17, 15) is 5.11 Å². The van der Waals surface area contributed by atoms with Crippen LogP contribution < -0.4 is 0 Å². The molecule has 0 aromatic carbocycles. The average molecular weight is 303 g/mol. The zero-order valence-electron chi connectivity index (χ0n) is 13.2. The summed E-state index contributed by atoms with van der Waals surface area (Å²) in [5, 5.41) is 14.7. The molecule has 1 fully saturated rings. The van der Waals surface area contributed by atoms with Gasteiger partial charge in [-0.2, -0.15) is 5.10 Å². The van der Waals surface area contributed by atoms with Gasteiger partial charge in [0.15, 0.2) is 0 Å². The van der Waals surface area contributed by atoms with E-state index in [4.69, 9.17) is 0 Å². The molecule has 1 aliphatic rings. The summed E-state index contributed by atoms with van der Waals surface area (Å²) in [5.74, 6) is 1.11. The van der Waals surface area contributed by atoms with Gasteiger partial charge in [-0.3, -0.25) is 4.68 Å². The number of rotatable bonds is 6. The van der Waals surface area contributed by atoms with Crippen molar-refractivity contribution in [1.29, 1.82) is 0 Å². The Labute approximate surface area is 131 Å². The minimum atomic E-state index is -0.439. The number of aryl methyl sites for hydroxylation is 2. The first-order valence-electron chi connectivity index (χ1n) is 8.09. The number of piperidine rings is 1. The number of hydrogen-bond donors (Lipinski definition) is 1. The second-order valence-corrected chi connectivity index (χ2v) is 6.14. The Balaban J connectivity index is 1.41. The van der Waals surface area contributed by atoms with Crippen LogP contribution in [0.1, 0.15) is 31.2 Å². The van der Waals surface area contributed by atoms with E-state index >= 15 is 0 Å². The van der Waals surface area contributed by atoms with Gasteiger partial charge in [-0.15, -0.1) is 0 Å². The normalized spacial score (nSPS) is 18.6. The lowest BCUT2D eigenvalue weighted by Gasteiger charge is -2.34. The molecule has 22 heavy (non-hydrogen) atoms. The van der Waals surface area contributed by atoms with Gasteiger partial charge < -0.3 is 14.6 Å². The van der Waals surface area contributed by atoms with Crippen molar-refractivity contribution in [1.82, 2.24) is 24.2 Å². The third-order valence-electron chi connectivity index (χ3n) is 4.62. The fourth-order valence-electron chi connectivity index (χ4n) is 3.25. The van der Waals surface area contributed by atoms with Gasteiger partial charge >= 0.3 is 0 Å². The van der Waals surface area contributed by atoms with E-state index in [1.165, 1.54) is 0 Å². The summed E-state index contributed by atoms with van der Waals surface area (Å²) in [4.78, 5) is 6.77. The van der Waals surface area contributed by atoms with Crippen LogP contribution in [0.4, 0.5) is 0 Å². The van der Waals surface area contributed by atoms with Gasteiger partial charge in [-0.25, -0.2) is 4.98 Å². The molecule has 3 heterocycles. The highest BCUT2D eigenvalue weighted by Crippen LogP contribution is 2.29. The maximum Gasteiger partial charge on any atom is 0.137 e. The summed E-state index contributed by atoms with van der Waals surface area (Å²) in [6.45, 7) is 4.20. The Morgan fingerprint density at radius 2 is 2.05 bits per heavy atom. The van der Waals surface area contributed by atoms with E-state index in [1.807, 2.05) is 41.0 Å². The lowest BCUT2D eigenvalue weighted by molar-refractivity contribution is 0.0506. The number of hydrogen-bond acceptors (Lipinski definition) is 4. The van der Waals surface area contributed by atoms with Crippen LogP contribution in [0.5, 0.6) is 0 Å². The standard InChI is InChI=1S/C16H25N5O/c1-19-13-7-17-16(19)15(22)14-4-11-20(12-5-14)8-3-10-21-9-2-6-18-21/h2,6-7,9,13-15,22H,3-5,8,10-12H2,1H3/t15-/m1/s1. The predicted molar refractivity (Wildman–Crippen MR) is 84.2 cm³/mol. The van der Waals surface area contributed by atoms with Crippen molar-refractivity contribution >= 4 is 0 Å². The van der Waals surface area contributed by atoms with Crippen LogP contribution in [-0.4, -0.2) is 49.0 Å². The molecule has 0 aliphatic carbocycles. The molecule has 6 heteroatoms. The molecule has 1 saturated heterocycles. The van der Waals surface area contributed by atoms with E-state index < -0.39 is 6.10 Å². The maximum absolute atomic E-state index is 10.5. The molecule has 0 radical (unpaired) electrons. The minimum Gasteiger partial charge on any atom is -0.385 e. The molecular formula is C16H25N5O. The molecule has 2 aromatic rings. The zero-order chi connectivity index (χ0) is 15.4. The number of aliphatic hydroxyl groups excluding tert-OH is 1. The highest BCUT2D eigenvalue weighted by molar-refractivity contribution is 4.98. The smallest absolute Gasteiger partial charge is 0.137 e. The predicted octanol–water partition coefficient (Wildman–Crippen LogP) is 1.45. The van der Waals surface area contributed by atoms with Crippen molar-refractivity contribution in [3.63, 3.8) is 0 Å². The second-order valence-electron chi connectivity index (χ2n) is 6.14. The highest BCUT2D eigenvalue weighted by Gasteiger charge is 2.28. The molecule has 120 valence electrons. The van der Waals surface area contributed by atoms with Crippen molar-refractivity contribution in [2.24, 2.45) is 13.0 Å². The van der Waals surface area contributed by atoms with Crippen LogP contribution in [0.25, 0.3) is 0 Å². The van der Waals surface area contributed by atoms with Crippen LogP contribution in [0, 0.1) is 5.92 Å². The van der Waals surface area contributed by atoms with Gasteiger partial charge in [-0.05, 0) is 50.9 Å². The number of aliphatic hydroxyl groups is 1. The summed E-state index contributed by atoms with van der Waals surface area (Å²) in [6.07, 6.45) is 10.2. The Hall–Kier alpha value is -1.66. The zero-order valence-corrected chi connectivity index (χ0v) is 13.2. The van der Waals surface area contributed by atoms with Crippen LogP contribution in [0.3, 0.4) is 0 Å². The van der Waals surface area contributed by atoms with E-state index in [-0.39, 0.29) is 0 Å². The minimum absolute atomic E-state index is 0.323. The Morgan fingerprint density at radius 3 is 2.68 bits per heavy atom. The van der Waals surface area contributed by atoms with E-state index in [1.54, 1.807) is 6.20 Å². The molecule has 0 bridgehead atoms. The molecule has 0 saturated carbocycles. The van der Waals surface area contributed by atoms with Crippen molar-refractivity contribution < 1.29 is 5.11 Å². The monoisotopic (exact) mass is 303 g/mol. The lowest BCUT2D eigenvalue weighted by atomic mass is 9.90. The highest BCUT2D eigenvalue weighted by atomic mass is 16.3. The van der Waals surface area contributed by atoms with Crippen molar-refractivity contribution in [2.75, 3.05) is 19.6 Å². The molecule has 0 spiro atoms. The van der Waals surface area contributed by atoms with Crippen LogP contribution in [0.2, 0.25) is 0 Å². The summed E-state index contributed by atoms with van der Waals surface area (Å²) in [7, 11) is 1.94. The second kappa shape index (κ2) is 7.07. The quantitative estimate of drug-likeness (QED) is 0.877. The van der Waals surface area contributed by atoms with Gasteiger partial charge in [0, 0.05) is 38.4 Å². The summed E-state index contributed by atoms with van der Waals surface area (Å²) in [5.41, 5.74) is 0. The Morgan fingerprint density at radius 1 is 1.23 bits per heavy atom. The fourth-order valence-corrected chi connectivity index (χ4v) is 3.25. The number of aromatic nitrogens is 4. The SMILES string of the molecule is Cn1ccnc1[C@H](O)C1CCN(CCCn2cccn2)CC1. The first-order valence-corrected chi connectivity index (χ1v) is 8.09. The number of imidazole rings is 1. The van der Waals surface area contributed by atoms with Gasteiger partial charge in [0.2, 0.25) is 0 Å². The van der Waals surface area contributed by atoms with E-state index in [0.717, 1.165) is 51.3 Å². The first-order chi connectivity index (χ1) is 10.7. The Bertz CT molecular complexity index is 557. The molecule has 6 nitrogen and oxygen atoms in total. The summed E-state index contributed by atoms with van der Waals surface area (Å²) in [6, 6.07) is 1.96. The maximum atomic E-state index is 10.5. The van der Waals surface area contributed by atoms with Gasteiger partial charge in [0.05, 0.1) is 0 Å². The molecule has 1 atom stereocenters. The van der Waals surface area contributed by atoms with Gasteiger partial charge in [0.1, 0.15) is 11.9 Å². The summed E-state index contributed by atoms with van der Waals surface area (Å²) >= 11 is 0. The van der Waals surface area contributed by atoms with E-state index in [0.29, 0.717) is 5.92 Å². The molecule has 1 aliphatic heterocycles. The Kier molecular flexibility index (Phi) is 4.90. The summed E-state index contributed by atoms with van der Waals surface area (Å²) < 4.78 is 3.90. The largest absolute Gasteiger partial charge is 0.385 e. The van der Waals surface area contributed by atoms with Crippen LogP contribution in [0.15, 0.2) is 30.9 Å². The van der Waals surface area contributed by atoms with E-state index in [2.05, 4.69) is 15.0 Å². The van der Waals surface area contributed by atoms with Gasteiger partial charge in [0.25, 0.3) is 0 Å². The molecule has 0 unspecified atom stereocenters. The molecule has 0 amide bonds. The molecule has 3 rings (SSSR count). The third kappa shape index (κ3) is 3.56.